The number of hydrogen-bond acceptors (Lipinski definition) is 3. The van der Waals surface area contributed by atoms with Gasteiger partial charge in [0.05, 0.1) is 11.9 Å². The minimum absolute atomic E-state index is 0.481. The first-order chi connectivity index (χ1) is 10.6. The molecule has 2 heterocycles. The third-order valence-electron chi connectivity index (χ3n) is 3.43. The fraction of sp³-hybridized carbons (Fsp3) is 0.188. The molecule has 0 bridgehead atoms. The van der Waals surface area contributed by atoms with Crippen LogP contribution in [0.4, 0.5) is 0 Å². The van der Waals surface area contributed by atoms with Gasteiger partial charge in [0, 0.05) is 43.8 Å². The Labute approximate surface area is 131 Å². The molecule has 0 spiro atoms. The minimum Gasteiger partial charge on any atom is -0.387 e. The van der Waals surface area contributed by atoms with Crippen molar-refractivity contribution < 1.29 is 8.39 Å². The first-order valence-electron chi connectivity index (χ1n) is 6.83. The zero-order valence-electron chi connectivity index (χ0n) is 12.7. The maximum atomic E-state index is 11.7. The molecule has 22 heavy (non-hydrogen) atoms. The van der Waals surface area contributed by atoms with Gasteiger partial charge in [0.1, 0.15) is 0 Å². The highest BCUT2D eigenvalue weighted by Crippen LogP contribution is 2.28. The molecule has 0 aliphatic carbocycles. The number of benzene rings is 1. The van der Waals surface area contributed by atoms with Crippen LogP contribution in [0.2, 0.25) is 0 Å². The van der Waals surface area contributed by atoms with E-state index in [2.05, 4.69) is 27.8 Å². The fourth-order valence-corrected chi connectivity index (χ4v) is 2.73. The Morgan fingerprint density at radius 2 is 1.95 bits per heavy atom. The Hall–Kier alpha value is -2.18. The van der Waals surface area contributed by atoms with E-state index in [1.54, 1.807) is 26.5 Å². The second kappa shape index (κ2) is 5.90. The van der Waals surface area contributed by atoms with Gasteiger partial charge in [-0.05, 0) is 18.2 Å². The summed E-state index contributed by atoms with van der Waals surface area (Å²) in [4.78, 5) is 4.19. The molecule has 1 atom stereocenters. The van der Waals surface area contributed by atoms with Gasteiger partial charge in [-0.25, -0.2) is 0 Å². The second-order valence-corrected chi connectivity index (χ2v) is 6.50. The van der Waals surface area contributed by atoms with Crippen molar-refractivity contribution in [2.75, 3.05) is 14.1 Å². The van der Waals surface area contributed by atoms with Crippen molar-refractivity contribution in [3.63, 3.8) is 0 Å². The van der Waals surface area contributed by atoms with Gasteiger partial charge in [-0.15, -0.1) is 0 Å². The molecule has 3 rings (SSSR count). The number of hydrogen-bond donors (Lipinski definition) is 0. The Balaban J connectivity index is 2.00. The summed E-state index contributed by atoms with van der Waals surface area (Å²) >= 11 is -1.52. The summed E-state index contributed by atoms with van der Waals surface area (Å²) in [6.07, 6.45) is 3.34. The molecule has 6 heteroatoms. The van der Waals surface area contributed by atoms with Crippen LogP contribution in [0.25, 0.3) is 22.2 Å². The summed E-state index contributed by atoms with van der Waals surface area (Å²) in [5.74, 6) is 0.481. The average Bonchev–Trinajstić information content (AvgIpc) is 2.85. The molecule has 0 aliphatic rings. The highest BCUT2D eigenvalue weighted by atomic mass is 32.2. The predicted octanol–water partition coefficient (Wildman–Crippen LogP) is 2.76. The number of aryl methyl sites for hydroxylation is 1. The molecule has 0 radical (unpaired) electrons. The highest BCUT2D eigenvalue weighted by molar-refractivity contribution is 7.78. The quantitative estimate of drug-likeness (QED) is 0.744. The molecular weight excluding hydrogens is 298 g/mol. The van der Waals surface area contributed by atoms with Crippen molar-refractivity contribution >= 4 is 22.2 Å². The largest absolute Gasteiger partial charge is 0.387 e. The molecule has 0 amide bonds. The fourth-order valence-electron chi connectivity index (χ4n) is 2.33. The van der Waals surface area contributed by atoms with Gasteiger partial charge in [-0.2, -0.15) is 8.51 Å². The van der Waals surface area contributed by atoms with Crippen molar-refractivity contribution in [3.8, 4) is 17.0 Å². The summed E-state index contributed by atoms with van der Waals surface area (Å²) in [5.41, 5.74) is 3.11. The topological polar surface area (TPSA) is 47.4 Å². The van der Waals surface area contributed by atoms with E-state index in [0.29, 0.717) is 5.75 Å². The smallest absolute Gasteiger partial charge is 0.290 e. The molecule has 0 N–H and O–H groups in total. The molecule has 1 aromatic carbocycles. The van der Waals surface area contributed by atoms with E-state index in [-0.39, 0.29) is 0 Å². The second-order valence-electron chi connectivity index (χ2n) is 5.17. The molecule has 0 fully saturated rings. The van der Waals surface area contributed by atoms with Gasteiger partial charge < -0.3 is 8.75 Å². The third-order valence-corrected chi connectivity index (χ3v) is 4.36. The molecular formula is C16H17N3O2S. The van der Waals surface area contributed by atoms with E-state index >= 15 is 0 Å². The lowest BCUT2D eigenvalue weighted by atomic mass is 10.2. The molecule has 5 nitrogen and oxygen atoms in total. The number of aromatic nitrogens is 2. The number of nitrogens with zero attached hydrogens (tertiary/aromatic N) is 3. The lowest BCUT2D eigenvalue weighted by Crippen LogP contribution is -2.20. The monoisotopic (exact) mass is 315 g/mol. The van der Waals surface area contributed by atoms with Crippen LogP contribution < -0.4 is 4.18 Å². The van der Waals surface area contributed by atoms with Gasteiger partial charge >= 0.3 is 0 Å². The molecule has 114 valence electrons. The van der Waals surface area contributed by atoms with Crippen LogP contribution in [-0.4, -0.2) is 32.2 Å². The Kier molecular flexibility index (Phi) is 3.96. The summed E-state index contributed by atoms with van der Waals surface area (Å²) in [5, 5.41) is 1.17. The molecule has 0 saturated heterocycles. The zero-order valence-corrected chi connectivity index (χ0v) is 13.5. The van der Waals surface area contributed by atoms with Crippen molar-refractivity contribution in [3.05, 3.63) is 48.8 Å². The van der Waals surface area contributed by atoms with Crippen LogP contribution in [0.3, 0.4) is 0 Å². The van der Waals surface area contributed by atoms with E-state index in [4.69, 9.17) is 4.18 Å². The van der Waals surface area contributed by atoms with Crippen LogP contribution in [0.5, 0.6) is 5.75 Å². The molecule has 2 aromatic heterocycles. The van der Waals surface area contributed by atoms with Crippen molar-refractivity contribution in [1.29, 1.82) is 0 Å². The van der Waals surface area contributed by atoms with Gasteiger partial charge in [0.15, 0.2) is 5.75 Å². The number of fused-ring (bicyclic) bond motifs is 1. The zero-order chi connectivity index (χ0) is 15.7. The Bertz CT molecular complexity index is 842. The summed E-state index contributed by atoms with van der Waals surface area (Å²) in [7, 11) is 5.40. The van der Waals surface area contributed by atoms with Gasteiger partial charge in [-0.3, -0.25) is 4.98 Å². The van der Waals surface area contributed by atoms with Crippen LogP contribution >= 0.6 is 0 Å². The van der Waals surface area contributed by atoms with E-state index in [1.165, 1.54) is 9.69 Å². The summed E-state index contributed by atoms with van der Waals surface area (Å²) in [6, 6.07) is 12.2. The van der Waals surface area contributed by atoms with Crippen molar-refractivity contribution in [2.24, 2.45) is 7.05 Å². The standard InChI is InChI=1S/C16H17N3O2S/c1-18(2)22(20)21-14-8-13(10-17-11-14)16-9-12-6-4-5-7-15(12)19(16)3/h4-11H,1-3H3. The third kappa shape index (κ3) is 2.75. The molecule has 1 unspecified atom stereocenters. The first-order valence-corrected chi connectivity index (χ1v) is 7.87. The summed E-state index contributed by atoms with van der Waals surface area (Å²) < 4.78 is 20.7. The maximum Gasteiger partial charge on any atom is 0.290 e. The van der Waals surface area contributed by atoms with Crippen LogP contribution in [-0.2, 0) is 18.3 Å². The highest BCUT2D eigenvalue weighted by Gasteiger charge is 2.11. The minimum atomic E-state index is -1.52. The van der Waals surface area contributed by atoms with E-state index in [1.807, 2.05) is 25.2 Å². The Morgan fingerprint density at radius 1 is 1.18 bits per heavy atom. The van der Waals surface area contributed by atoms with Gasteiger partial charge in [0.2, 0.25) is 0 Å². The SMILES string of the molecule is CN(C)S(=O)Oc1cncc(-c2cc3ccccc3n2C)c1. The van der Waals surface area contributed by atoms with E-state index in [9.17, 15) is 4.21 Å². The van der Waals surface area contributed by atoms with Crippen molar-refractivity contribution in [1.82, 2.24) is 13.9 Å². The van der Waals surface area contributed by atoms with Gasteiger partial charge in [-0.1, -0.05) is 18.2 Å². The molecule has 0 aliphatic heterocycles. The molecule has 3 aromatic rings. The number of para-hydroxylation sites is 1. The molecule has 0 saturated carbocycles. The first kappa shape index (κ1) is 14.7. The predicted molar refractivity (Wildman–Crippen MR) is 88.6 cm³/mol. The van der Waals surface area contributed by atoms with Crippen LogP contribution in [0.1, 0.15) is 0 Å². The van der Waals surface area contributed by atoms with Gasteiger partial charge in [0.25, 0.3) is 11.3 Å². The summed E-state index contributed by atoms with van der Waals surface area (Å²) in [6.45, 7) is 0. The normalized spacial score (nSPS) is 12.7. The number of pyridine rings is 1. The van der Waals surface area contributed by atoms with Crippen molar-refractivity contribution in [2.45, 2.75) is 0 Å². The lowest BCUT2D eigenvalue weighted by molar-refractivity contribution is 0.492. The maximum absolute atomic E-state index is 11.7. The number of rotatable bonds is 4. The van der Waals surface area contributed by atoms with Crippen LogP contribution in [0.15, 0.2) is 48.8 Å². The average molecular weight is 315 g/mol. The van der Waals surface area contributed by atoms with Crippen LogP contribution in [0, 0.1) is 0 Å². The Morgan fingerprint density at radius 3 is 2.68 bits per heavy atom. The van der Waals surface area contributed by atoms with E-state index < -0.39 is 11.3 Å². The lowest BCUT2D eigenvalue weighted by Gasteiger charge is -2.10. The van der Waals surface area contributed by atoms with E-state index in [0.717, 1.165) is 16.8 Å².